The molecule has 1 rings (SSSR count). The molecule has 5 nitrogen and oxygen atoms in total. The number of aromatic nitrogens is 2. The van der Waals surface area contributed by atoms with Crippen LogP contribution in [0.15, 0.2) is 17.4 Å². The molecule has 5 heteroatoms. The number of nitrogens with one attached hydrogen (secondary N) is 1. The van der Waals surface area contributed by atoms with Crippen LogP contribution in [-0.2, 0) is 9.53 Å². The molecule has 0 unspecified atom stereocenters. The van der Waals surface area contributed by atoms with Gasteiger partial charge in [0.1, 0.15) is 5.69 Å². The van der Waals surface area contributed by atoms with E-state index >= 15 is 0 Å². The largest absolute Gasteiger partial charge is 0.414 e. The van der Waals surface area contributed by atoms with Crippen molar-refractivity contribution in [2.75, 3.05) is 0 Å². The highest BCUT2D eigenvalue weighted by molar-refractivity contribution is 5.81. The lowest BCUT2D eigenvalue weighted by molar-refractivity contribution is -0.121. The number of hydrogen-bond donors (Lipinski definition) is 1. The van der Waals surface area contributed by atoms with E-state index in [4.69, 9.17) is 0 Å². The molecule has 0 atom stereocenters. The minimum absolute atomic E-state index is 0.293. The van der Waals surface area contributed by atoms with Crippen molar-refractivity contribution in [1.82, 2.24) is 10.2 Å². The van der Waals surface area contributed by atoms with Gasteiger partial charge in [0.05, 0.1) is 6.20 Å². The molecule has 0 fully saturated rings. The van der Waals surface area contributed by atoms with E-state index in [-0.39, 0.29) is 0 Å². The molecule has 0 aromatic carbocycles. The Labute approximate surface area is 63.1 Å². The predicted molar refractivity (Wildman–Crippen MR) is 38.5 cm³/mol. The van der Waals surface area contributed by atoms with Crippen LogP contribution in [0.25, 0.3) is 0 Å². The van der Waals surface area contributed by atoms with Crippen molar-refractivity contribution < 1.29 is 9.53 Å². The van der Waals surface area contributed by atoms with Crippen LogP contribution in [0.3, 0.4) is 0 Å². The fraction of sp³-hybridized carbons (Fsp3) is 0.167. The number of rotatable bonds is 2. The van der Waals surface area contributed by atoms with E-state index in [1.54, 1.807) is 13.1 Å². The third-order valence-corrected chi connectivity index (χ3v) is 0.989. The Hall–Kier alpha value is -1.65. The fourth-order valence-corrected chi connectivity index (χ4v) is 0.583. The number of aliphatic imine (C=N–C) groups is 1. The van der Waals surface area contributed by atoms with Gasteiger partial charge in [-0.25, -0.2) is 4.99 Å². The van der Waals surface area contributed by atoms with Gasteiger partial charge in [-0.2, -0.15) is 5.10 Å². The number of aromatic amines is 1. The molecule has 58 valence electrons. The molecule has 11 heavy (non-hydrogen) atoms. The van der Waals surface area contributed by atoms with Gasteiger partial charge in [-0.15, -0.1) is 0 Å². The molecular formula is C6H7N3O2. The van der Waals surface area contributed by atoms with Crippen molar-refractivity contribution in [2.24, 2.45) is 4.99 Å². The minimum atomic E-state index is 0.293. The molecule has 0 saturated carbocycles. The summed E-state index contributed by atoms with van der Waals surface area (Å²) in [6.07, 6.45) is 3.12. The molecule has 1 aromatic heterocycles. The average molecular weight is 153 g/mol. The molecule has 0 bridgehead atoms. The second-order valence-corrected chi connectivity index (χ2v) is 1.80. The summed E-state index contributed by atoms with van der Waals surface area (Å²) in [6, 6.07) is 0. The average Bonchev–Trinajstić information content (AvgIpc) is 2.40. The third kappa shape index (κ3) is 2.21. The predicted octanol–water partition coefficient (Wildman–Crippen LogP) is 0.633. The van der Waals surface area contributed by atoms with Gasteiger partial charge >= 0.3 is 0 Å². The van der Waals surface area contributed by atoms with E-state index in [1.807, 2.05) is 0 Å². The Morgan fingerprint density at radius 1 is 1.91 bits per heavy atom. The zero-order chi connectivity index (χ0) is 8.10. The SMILES string of the molecule is CC(=Nc1cn[nH]c1)OC=O. The number of H-pyrrole nitrogens is 1. The first-order valence-corrected chi connectivity index (χ1v) is 2.97. The van der Waals surface area contributed by atoms with Gasteiger partial charge in [-0.05, 0) is 0 Å². The summed E-state index contributed by atoms with van der Waals surface area (Å²) >= 11 is 0. The van der Waals surface area contributed by atoms with E-state index in [2.05, 4.69) is 19.9 Å². The van der Waals surface area contributed by atoms with Crippen molar-refractivity contribution in [2.45, 2.75) is 6.92 Å². The zero-order valence-electron chi connectivity index (χ0n) is 5.94. The van der Waals surface area contributed by atoms with Crippen LogP contribution in [0.4, 0.5) is 5.69 Å². The van der Waals surface area contributed by atoms with Gasteiger partial charge in [0.2, 0.25) is 0 Å². The summed E-state index contributed by atoms with van der Waals surface area (Å²) < 4.78 is 4.44. The maximum atomic E-state index is 9.82. The molecule has 1 N–H and O–H groups in total. The van der Waals surface area contributed by atoms with Gasteiger partial charge in [0.25, 0.3) is 6.47 Å². The van der Waals surface area contributed by atoms with Gasteiger partial charge in [-0.1, -0.05) is 0 Å². The van der Waals surface area contributed by atoms with Crippen LogP contribution < -0.4 is 0 Å². The van der Waals surface area contributed by atoms with Crippen molar-refractivity contribution in [1.29, 1.82) is 0 Å². The van der Waals surface area contributed by atoms with E-state index in [0.717, 1.165) is 0 Å². The molecule has 1 heterocycles. The Bertz CT molecular complexity index is 253. The van der Waals surface area contributed by atoms with E-state index in [1.165, 1.54) is 6.20 Å². The van der Waals surface area contributed by atoms with Crippen LogP contribution in [0, 0.1) is 0 Å². The molecule has 0 saturated heterocycles. The zero-order valence-corrected chi connectivity index (χ0v) is 5.94. The highest BCUT2D eigenvalue weighted by Crippen LogP contribution is 2.06. The molecule has 0 amide bonds. The molecule has 0 aliphatic carbocycles. The second kappa shape index (κ2) is 3.50. The van der Waals surface area contributed by atoms with Gasteiger partial charge in [-0.3, -0.25) is 9.89 Å². The molecule has 0 spiro atoms. The summed E-state index contributed by atoms with van der Waals surface area (Å²) in [7, 11) is 0. The lowest BCUT2D eigenvalue weighted by Gasteiger charge is -1.91. The summed E-state index contributed by atoms with van der Waals surface area (Å²) in [5.74, 6) is 0.293. The van der Waals surface area contributed by atoms with E-state index in [9.17, 15) is 4.79 Å². The first kappa shape index (κ1) is 7.46. The maximum Gasteiger partial charge on any atom is 0.299 e. The van der Waals surface area contributed by atoms with Crippen molar-refractivity contribution in [3.8, 4) is 0 Å². The first-order chi connectivity index (χ1) is 5.33. The Morgan fingerprint density at radius 3 is 3.27 bits per heavy atom. The Morgan fingerprint density at radius 2 is 2.73 bits per heavy atom. The van der Waals surface area contributed by atoms with Gasteiger partial charge in [0.15, 0.2) is 5.90 Å². The Balaban J connectivity index is 2.65. The standard InChI is InChI=1S/C6H7N3O2/c1-5(11-4-10)9-6-2-7-8-3-6/h2-4H,1H3,(H,7,8). The quantitative estimate of drug-likeness (QED) is 0.385. The van der Waals surface area contributed by atoms with E-state index < -0.39 is 0 Å². The number of ether oxygens (including phenoxy) is 1. The third-order valence-electron chi connectivity index (χ3n) is 0.989. The molecule has 1 aromatic rings. The van der Waals surface area contributed by atoms with Crippen LogP contribution >= 0.6 is 0 Å². The molecule has 0 aliphatic heterocycles. The number of carbonyl (C=O) groups is 1. The van der Waals surface area contributed by atoms with Crippen LogP contribution in [0.5, 0.6) is 0 Å². The highest BCUT2D eigenvalue weighted by atomic mass is 16.5. The number of nitrogens with zero attached hydrogens (tertiary/aromatic N) is 2. The monoisotopic (exact) mass is 153 g/mol. The number of hydrogen-bond acceptors (Lipinski definition) is 4. The van der Waals surface area contributed by atoms with Crippen molar-refractivity contribution in [3.63, 3.8) is 0 Å². The first-order valence-electron chi connectivity index (χ1n) is 2.97. The van der Waals surface area contributed by atoms with Gasteiger partial charge < -0.3 is 4.74 Å². The van der Waals surface area contributed by atoms with Crippen molar-refractivity contribution in [3.05, 3.63) is 12.4 Å². The Kier molecular flexibility index (Phi) is 2.37. The van der Waals surface area contributed by atoms with Crippen molar-refractivity contribution >= 4 is 18.1 Å². The minimum Gasteiger partial charge on any atom is -0.414 e. The molecule has 0 radical (unpaired) electrons. The summed E-state index contributed by atoms with van der Waals surface area (Å²) in [4.78, 5) is 13.7. The molecule has 0 aliphatic rings. The summed E-state index contributed by atoms with van der Waals surface area (Å²) in [5.41, 5.74) is 0.629. The lowest BCUT2D eigenvalue weighted by atomic mass is 10.6. The maximum absolute atomic E-state index is 9.82. The summed E-state index contributed by atoms with van der Waals surface area (Å²) in [5, 5.41) is 6.24. The smallest absolute Gasteiger partial charge is 0.299 e. The normalized spacial score (nSPS) is 11.2. The highest BCUT2D eigenvalue weighted by Gasteiger charge is 1.91. The van der Waals surface area contributed by atoms with Crippen LogP contribution in [0.1, 0.15) is 6.92 Å². The van der Waals surface area contributed by atoms with Crippen LogP contribution in [0.2, 0.25) is 0 Å². The molecular weight excluding hydrogens is 146 g/mol. The topological polar surface area (TPSA) is 67.3 Å². The van der Waals surface area contributed by atoms with E-state index in [0.29, 0.717) is 18.1 Å². The lowest BCUT2D eigenvalue weighted by Crippen LogP contribution is -1.95. The van der Waals surface area contributed by atoms with Gasteiger partial charge in [0, 0.05) is 13.1 Å². The summed E-state index contributed by atoms with van der Waals surface area (Å²) in [6.45, 7) is 1.92. The second-order valence-electron chi connectivity index (χ2n) is 1.80. The number of carbonyl (C=O) groups excluding carboxylic acids is 1. The fourth-order valence-electron chi connectivity index (χ4n) is 0.583. The van der Waals surface area contributed by atoms with Crippen LogP contribution in [-0.4, -0.2) is 22.6 Å².